The summed E-state index contributed by atoms with van der Waals surface area (Å²) in [6.45, 7) is 0. The predicted octanol–water partition coefficient (Wildman–Crippen LogP) is 1.71. The molecule has 54 valence electrons. The predicted molar refractivity (Wildman–Crippen MR) is 47.3 cm³/mol. The second kappa shape index (κ2) is 3.93. The van der Waals surface area contributed by atoms with Crippen molar-refractivity contribution in [3.05, 3.63) is 22.7 Å². The summed E-state index contributed by atoms with van der Waals surface area (Å²) >= 11 is 7.38. The highest BCUT2D eigenvalue weighted by atomic mass is 79.9. The van der Waals surface area contributed by atoms with Gasteiger partial charge in [0.2, 0.25) is 0 Å². The van der Waals surface area contributed by atoms with Gasteiger partial charge in [0.1, 0.15) is 4.60 Å². The van der Waals surface area contributed by atoms with Gasteiger partial charge in [-0.1, -0.05) is 0 Å². The van der Waals surface area contributed by atoms with Crippen molar-refractivity contribution in [3.8, 4) is 0 Å². The maximum absolute atomic E-state index is 4.11. The van der Waals surface area contributed by atoms with Gasteiger partial charge >= 0.3 is 0 Å². The van der Waals surface area contributed by atoms with Crippen molar-refractivity contribution >= 4 is 28.6 Å². The number of nitrogens with zero attached hydrogens (tertiary/aromatic N) is 2. The lowest BCUT2D eigenvalue weighted by atomic mass is 10.4. The highest BCUT2D eigenvalue weighted by Crippen LogP contribution is 2.09. The summed E-state index contributed by atoms with van der Waals surface area (Å²) in [5, 5.41) is 0. The van der Waals surface area contributed by atoms with Gasteiger partial charge in [-0.2, -0.15) is 12.6 Å². The zero-order chi connectivity index (χ0) is 7.40. The molecular formula is C6H7BrN2S. The number of aromatic nitrogens is 2. The zero-order valence-corrected chi connectivity index (χ0v) is 7.77. The first kappa shape index (κ1) is 8.01. The van der Waals surface area contributed by atoms with E-state index < -0.39 is 0 Å². The van der Waals surface area contributed by atoms with Crippen LogP contribution in [0.25, 0.3) is 0 Å². The van der Waals surface area contributed by atoms with Crippen molar-refractivity contribution in [2.24, 2.45) is 0 Å². The van der Waals surface area contributed by atoms with Crippen LogP contribution >= 0.6 is 28.6 Å². The molecule has 0 atom stereocenters. The molecule has 0 saturated carbocycles. The third kappa shape index (κ3) is 1.95. The molecule has 0 unspecified atom stereocenters. The third-order valence-corrected chi connectivity index (χ3v) is 1.96. The van der Waals surface area contributed by atoms with E-state index in [1.54, 1.807) is 12.4 Å². The summed E-state index contributed by atoms with van der Waals surface area (Å²) in [4.78, 5) is 8.13. The van der Waals surface area contributed by atoms with Crippen LogP contribution in [0, 0.1) is 0 Å². The minimum Gasteiger partial charge on any atom is -0.257 e. The average Bonchev–Trinajstić information content (AvgIpc) is 1.94. The second-order valence-corrected chi connectivity index (χ2v) is 2.97. The molecule has 0 aliphatic rings. The Kier molecular flexibility index (Phi) is 3.15. The van der Waals surface area contributed by atoms with E-state index in [4.69, 9.17) is 0 Å². The Morgan fingerprint density at radius 2 is 2.10 bits per heavy atom. The second-order valence-electron chi connectivity index (χ2n) is 1.77. The van der Waals surface area contributed by atoms with Crippen LogP contribution < -0.4 is 0 Å². The van der Waals surface area contributed by atoms with Crippen molar-refractivity contribution in [1.82, 2.24) is 9.97 Å². The van der Waals surface area contributed by atoms with Crippen molar-refractivity contribution < 1.29 is 0 Å². The topological polar surface area (TPSA) is 25.8 Å². The van der Waals surface area contributed by atoms with E-state index in [1.165, 1.54) is 0 Å². The quantitative estimate of drug-likeness (QED) is 0.766. The summed E-state index contributed by atoms with van der Waals surface area (Å²) in [6.07, 6.45) is 4.20. The number of halogens is 1. The van der Waals surface area contributed by atoms with Crippen LogP contribution in [-0.4, -0.2) is 15.7 Å². The third-order valence-electron chi connectivity index (χ3n) is 1.07. The lowest BCUT2D eigenvalue weighted by molar-refractivity contribution is 0.988. The van der Waals surface area contributed by atoms with Crippen LogP contribution in [0.5, 0.6) is 0 Å². The molecule has 1 rings (SSSR count). The Morgan fingerprint density at radius 1 is 1.40 bits per heavy atom. The number of aryl methyl sites for hydroxylation is 1. The Balaban J connectivity index is 2.81. The summed E-state index contributed by atoms with van der Waals surface area (Å²) in [7, 11) is 0. The molecule has 0 radical (unpaired) electrons. The first-order valence-electron chi connectivity index (χ1n) is 2.91. The highest BCUT2D eigenvalue weighted by molar-refractivity contribution is 9.10. The summed E-state index contributed by atoms with van der Waals surface area (Å²) < 4.78 is 0.823. The standard InChI is InChI=1S/C6H7BrN2S/c7-6-5(1-4-10)8-2-3-9-6/h2-3,10H,1,4H2. The van der Waals surface area contributed by atoms with E-state index >= 15 is 0 Å². The maximum atomic E-state index is 4.11. The molecule has 0 spiro atoms. The van der Waals surface area contributed by atoms with Gasteiger partial charge in [-0.15, -0.1) is 0 Å². The Morgan fingerprint density at radius 3 is 2.70 bits per heavy atom. The molecule has 0 N–H and O–H groups in total. The molecule has 2 nitrogen and oxygen atoms in total. The Hall–Kier alpha value is -0.0900. The molecular weight excluding hydrogens is 212 g/mol. The molecule has 0 aliphatic heterocycles. The monoisotopic (exact) mass is 218 g/mol. The highest BCUT2D eigenvalue weighted by Gasteiger charge is 1.97. The average molecular weight is 219 g/mol. The molecule has 1 aromatic rings. The molecule has 4 heteroatoms. The van der Waals surface area contributed by atoms with Crippen molar-refractivity contribution in [2.45, 2.75) is 6.42 Å². The van der Waals surface area contributed by atoms with Crippen LogP contribution in [0.2, 0.25) is 0 Å². The van der Waals surface area contributed by atoms with E-state index in [1.807, 2.05) is 0 Å². The van der Waals surface area contributed by atoms with Crippen LogP contribution in [0.4, 0.5) is 0 Å². The van der Waals surface area contributed by atoms with E-state index in [9.17, 15) is 0 Å². The zero-order valence-electron chi connectivity index (χ0n) is 5.29. The Bertz CT molecular complexity index is 217. The van der Waals surface area contributed by atoms with E-state index in [0.717, 1.165) is 22.5 Å². The van der Waals surface area contributed by atoms with E-state index in [2.05, 4.69) is 38.5 Å². The SMILES string of the molecule is SCCc1nccnc1Br. The molecule has 0 fully saturated rings. The normalized spacial score (nSPS) is 9.80. The molecule has 0 aliphatic carbocycles. The van der Waals surface area contributed by atoms with Crippen LogP contribution in [0.3, 0.4) is 0 Å². The van der Waals surface area contributed by atoms with Crippen LogP contribution in [0.15, 0.2) is 17.0 Å². The van der Waals surface area contributed by atoms with Crippen LogP contribution in [-0.2, 0) is 6.42 Å². The van der Waals surface area contributed by atoms with Gasteiger partial charge in [-0.05, 0) is 21.7 Å². The molecule has 0 bridgehead atoms. The van der Waals surface area contributed by atoms with Gasteiger partial charge in [0, 0.05) is 18.8 Å². The molecule has 0 saturated heterocycles. The number of rotatable bonds is 2. The Labute approximate surface area is 73.6 Å². The van der Waals surface area contributed by atoms with Crippen molar-refractivity contribution in [2.75, 3.05) is 5.75 Å². The van der Waals surface area contributed by atoms with Crippen LogP contribution in [0.1, 0.15) is 5.69 Å². The van der Waals surface area contributed by atoms with E-state index in [-0.39, 0.29) is 0 Å². The first-order chi connectivity index (χ1) is 4.84. The first-order valence-corrected chi connectivity index (χ1v) is 4.33. The minimum absolute atomic E-state index is 0.803. The van der Waals surface area contributed by atoms with Gasteiger partial charge < -0.3 is 0 Å². The largest absolute Gasteiger partial charge is 0.257 e. The summed E-state index contributed by atoms with van der Waals surface area (Å²) in [6, 6.07) is 0. The van der Waals surface area contributed by atoms with Gasteiger partial charge in [0.05, 0.1) is 5.69 Å². The van der Waals surface area contributed by atoms with E-state index in [0.29, 0.717) is 0 Å². The maximum Gasteiger partial charge on any atom is 0.127 e. The van der Waals surface area contributed by atoms with Gasteiger partial charge in [0.25, 0.3) is 0 Å². The fourth-order valence-electron chi connectivity index (χ4n) is 0.623. The number of hydrogen-bond acceptors (Lipinski definition) is 3. The number of hydrogen-bond donors (Lipinski definition) is 1. The smallest absolute Gasteiger partial charge is 0.127 e. The number of thiol groups is 1. The minimum atomic E-state index is 0.803. The summed E-state index contributed by atoms with van der Waals surface area (Å²) in [5.41, 5.74) is 0.970. The lowest BCUT2D eigenvalue weighted by Gasteiger charge is -1.96. The summed E-state index contributed by atoms with van der Waals surface area (Å²) in [5.74, 6) is 0.803. The molecule has 0 aromatic carbocycles. The molecule has 1 heterocycles. The molecule has 1 aromatic heterocycles. The molecule has 0 amide bonds. The fraction of sp³-hybridized carbons (Fsp3) is 0.333. The van der Waals surface area contributed by atoms with Gasteiger partial charge in [-0.25, -0.2) is 4.98 Å². The van der Waals surface area contributed by atoms with Gasteiger partial charge in [0.15, 0.2) is 0 Å². The molecule has 10 heavy (non-hydrogen) atoms. The lowest BCUT2D eigenvalue weighted by Crippen LogP contribution is -1.93. The van der Waals surface area contributed by atoms with Gasteiger partial charge in [-0.3, -0.25) is 4.98 Å². The van der Waals surface area contributed by atoms with Crippen molar-refractivity contribution in [1.29, 1.82) is 0 Å². The van der Waals surface area contributed by atoms with Crippen molar-refractivity contribution in [3.63, 3.8) is 0 Å². The fourth-order valence-corrected chi connectivity index (χ4v) is 1.25.